The van der Waals surface area contributed by atoms with Crippen LogP contribution in [0, 0.1) is 6.92 Å². The van der Waals surface area contributed by atoms with Crippen molar-refractivity contribution in [1.82, 2.24) is 5.43 Å². The highest BCUT2D eigenvalue weighted by Gasteiger charge is 2.27. The van der Waals surface area contributed by atoms with Gasteiger partial charge in [0.1, 0.15) is 18.9 Å². The first-order valence-electron chi connectivity index (χ1n) is 11.9. The van der Waals surface area contributed by atoms with Crippen molar-refractivity contribution in [2.75, 3.05) is 10.8 Å². The largest absolute Gasteiger partial charge is 0.488 e. The highest BCUT2D eigenvalue weighted by Crippen LogP contribution is 2.28. The molecule has 200 valence electrons. The van der Waals surface area contributed by atoms with E-state index in [-0.39, 0.29) is 17.2 Å². The number of halogens is 2. The normalized spacial score (nSPS) is 11.4. The molecule has 0 atom stereocenters. The van der Waals surface area contributed by atoms with Crippen LogP contribution in [0.25, 0.3) is 0 Å². The molecule has 4 aromatic carbocycles. The number of para-hydroxylation sites is 1. The Morgan fingerprint density at radius 2 is 1.62 bits per heavy atom. The fourth-order valence-electron chi connectivity index (χ4n) is 3.60. The summed E-state index contributed by atoms with van der Waals surface area (Å²) < 4.78 is 33.8. The SMILES string of the molecule is Cc1ccc(N(CC(=O)N/N=C\c2ccccc2OCc2ccccc2Cl)S(=O)(=O)c2ccccc2)cc1Cl. The smallest absolute Gasteiger partial charge is 0.264 e. The number of carbonyl (C=O) groups excluding carboxylic acids is 1. The van der Waals surface area contributed by atoms with E-state index in [2.05, 4.69) is 10.5 Å². The van der Waals surface area contributed by atoms with E-state index >= 15 is 0 Å². The van der Waals surface area contributed by atoms with E-state index < -0.39 is 22.5 Å². The summed E-state index contributed by atoms with van der Waals surface area (Å²) in [5, 5.41) is 5.01. The van der Waals surface area contributed by atoms with Crippen molar-refractivity contribution in [3.8, 4) is 5.75 Å². The molecule has 1 amide bonds. The van der Waals surface area contributed by atoms with E-state index in [0.29, 0.717) is 21.4 Å². The molecule has 1 N–H and O–H groups in total. The number of hydrogen-bond acceptors (Lipinski definition) is 5. The molecule has 0 saturated heterocycles. The third-order valence-corrected chi connectivity index (χ3v) is 8.28. The molecule has 0 aliphatic rings. The van der Waals surface area contributed by atoms with Gasteiger partial charge in [-0.15, -0.1) is 0 Å². The Kier molecular flexibility index (Phi) is 9.24. The molecule has 0 saturated carbocycles. The van der Waals surface area contributed by atoms with Gasteiger partial charge in [-0.05, 0) is 55.0 Å². The van der Waals surface area contributed by atoms with E-state index in [1.807, 2.05) is 24.3 Å². The minimum atomic E-state index is -4.07. The zero-order valence-electron chi connectivity index (χ0n) is 20.9. The second kappa shape index (κ2) is 12.8. The van der Waals surface area contributed by atoms with Crippen molar-refractivity contribution in [2.45, 2.75) is 18.4 Å². The Hall–Kier alpha value is -3.85. The highest BCUT2D eigenvalue weighted by atomic mass is 35.5. The minimum Gasteiger partial charge on any atom is -0.488 e. The number of nitrogens with zero attached hydrogens (tertiary/aromatic N) is 2. The summed E-state index contributed by atoms with van der Waals surface area (Å²) >= 11 is 12.5. The lowest BCUT2D eigenvalue weighted by Gasteiger charge is -2.24. The Labute approximate surface area is 237 Å². The van der Waals surface area contributed by atoms with Crippen molar-refractivity contribution in [3.05, 3.63) is 124 Å². The van der Waals surface area contributed by atoms with Gasteiger partial charge < -0.3 is 4.74 Å². The third-order valence-electron chi connectivity index (χ3n) is 5.71. The summed E-state index contributed by atoms with van der Waals surface area (Å²) in [6.45, 7) is 1.54. The molecule has 0 spiro atoms. The summed E-state index contributed by atoms with van der Waals surface area (Å²) in [6, 6.07) is 27.2. The van der Waals surface area contributed by atoms with Crippen LogP contribution in [-0.4, -0.2) is 27.1 Å². The van der Waals surface area contributed by atoms with Crippen molar-refractivity contribution in [1.29, 1.82) is 0 Å². The topological polar surface area (TPSA) is 88.1 Å². The summed E-state index contributed by atoms with van der Waals surface area (Å²) in [4.78, 5) is 12.9. The first-order chi connectivity index (χ1) is 18.8. The van der Waals surface area contributed by atoms with Crippen LogP contribution >= 0.6 is 23.2 Å². The Bertz CT molecular complexity index is 1600. The molecule has 0 radical (unpaired) electrons. The minimum absolute atomic E-state index is 0.0441. The molecule has 0 aliphatic carbocycles. The van der Waals surface area contributed by atoms with Crippen LogP contribution in [0.5, 0.6) is 5.75 Å². The molecule has 7 nitrogen and oxygen atoms in total. The molecule has 4 aromatic rings. The second-order valence-electron chi connectivity index (χ2n) is 8.47. The van der Waals surface area contributed by atoms with Crippen LogP contribution in [0.1, 0.15) is 16.7 Å². The van der Waals surface area contributed by atoms with E-state index in [1.54, 1.807) is 61.5 Å². The maximum absolute atomic E-state index is 13.5. The number of aryl methyl sites for hydroxylation is 1. The average Bonchev–Trinajstić information content (AvgIpc) is 2.94. The number of hydrazone groups is 1. The predicted molar refractivity (Wildman–Crippen MR) is 155 cm³/mol. The van der Waals surface area contributed by atoms with Crippen molar-refractivity contribution < 1.29 is 17.9 Å². The average molecular weight is 583 g/mol. The lowest BCUT2D eigenvalue weighted by molar-refractivity contribution is -0.119. The second-order valence-corrected chi connectivity index (χ2v) is 11.1. The lowest BCUT2D eigenvalue weighted by atomic mass is 10.2. The molecular formula is C29H25Cl2N3O4S. The van der Waals surface area contributed by atoms with Gasteiger partial charge in [-0.1, -0.05) is 77.8 Å². The van der Waals surface area contributed by atoms with Gasteiger partial charge >= 0.3 is 0 Å². The number of benzene rings is 4. The van der Waals surface area contributed by atoms with Gasteiger partial charge in [-0.2, -0.15) is 5.10 Å². The fourth-order valence-corrected chi connectivity index (χ4v) is 5.40. The summed E-state index contributed by atoms with van der Waals surface area (Å²) in [6.07, 6.45) is 1.43. The third kappa shape index (κ3) is 7.17. The fraction of sp³-hybridized carbons (Fsp3) is 0.103. The number of amides is 1. The van der Waals surface area contributed by atoms with Gasteiger partial charge in [0.15, 0.2) is 0 Å². The summed E-state index contributed by atoms with van der Waals surface area (Å²) in [5.74, 6) is -0.102. The monoisotopic (exact) mass is 581 g/mol. The van der Waals surface area contributed by atoms with Crippen LogP contribution in [0.15, 0.2) is 107 Å². The van der Waals surface area contributed by atoms with Gasteiger partial charge in [0.2, 0.25) is 0 Å². The molecule has 0 aromatic heterocycles. The maximum atomic E-state index is 13.5. The molecule has 4 rings (SSSR count). The number of sulfonamides is 1. The van der Waals surface area contributed by atoms with Gasteiger partial charge in [0.05, 0.1) is 16.8 Å². The van der Waals surface area contributed by atoms with Crippen LogP contribution in [-0.2, 0) is 21.4 Å². The first kappa shape index (κ1) is 28.2. The molecule has 39 heavy (non-hydrogen) atoms. The Balaban J connectivity index is 1.50. The predicted octanol–water partition coefficient (Wildman–Crippen LogP) is 6.23. The number of anilines is 1. The number of rotatable bonds is 10. The van der Waals surface area contributed by atoms with Crippen molar-refractivity contribution in [3.63, 3.8) is 0 Å². The quantitative estimate of drug-likeness (QED) is 0.178. The van der Waals surface area contributed by atoms with Gasteiger partial charge in [0, 0.05) is 21.2 Å². The molecule has 0 heterocycles. The number of nitrogens with one attached hydrogen (secondary N) is 1. The molecular weight excluding hydrogens is 557 g/mol. The molecule has 0 fully saturated rings. The standard InChI is InChI=1S/C29H25Cl2N3O4S/c1-21-15-16-24(17-27(21)31)34(39(36,37)25-11-3-2-4-12-25)19-29(35)33-32-18-22-9-6-8-14-28(22)38-20-23-10-5-7-13-26(23)30/h2-18H,19-20H2,1H3,(H,33,35)/b32-18-. The molecule has 0 aliphatic heterocycles. The van der Waals surface area contributed by atoms with Crippen molar-refractivity contribution >= 4 is 51.0 Å². The summed E-state index contributed by atoms with van der Waals surface area (Å²) in [5.41, 5.74) is 4.89. The zero-order chi connectivity index (χ0) is 27.8. The van der Waals surface area contributed by atoms with E-state index in [4.69, 9.17) is 27.9 Å². The highest BCUT2D eigenvalue weighted by molar-refractivity contribution is 7.92. The zero-order valence-corrected chi connectivity index (χ0v) is 23.2. The number of carbonyl (C=O) groups is 1. The van der Waals surface area contributed by atoms with Gasteiger partial charge in [0.25, 0.3) is 15.9 Å². The number of hydrogen-bond donors (Lipinski definition) is 1. The van der Waals surface area contributed by atoms with E-state index in [1.165, 1.54) is 24.4 Å². The van der Waals surface area contributed by atoms with Gasteiger partial charge in [-0.3, -0.25) is 9.10 Å². The Morgan fingerprint density at radius 1 is 0.923 bits per heavy atom. The van der Waals surface area contributed by atoms with Crippen LogP contribution < -0.4 is 14.5 Å². The lowest BCUT2D eigenvalue weighted by Crippen LogP contribution is -2.39. The van der Waals surface area contributed by atoms with Gasteiger partial charge in [-0.25, -0.2) is 13.8 Å². The van der Waals surface area contributed by atoms with Crippen molar-refractivity contribution in [2.24, 2.45) is 5.10 Å². The Morgan fingerprint density at radius 3 is 2.36 bits per heavy atom. The molecule has 10 heteroatoms. The molecule has 0 bridgehead atoms. The van der Waals surface area contributed by atoms with Crippen LogP contribution in [0.2, 0.25) is 10.0 Å². The number of ether oxygens (including phenoxy) is 1. The van der Waals surface area contributed by atoms with E-state index in [9.17, 15) is 13.2 Å². The van der Waals surface area contributed by atoms with Crippen LogP contribution in [0.3, 0.4) is 0 Å². The summed E-state index contributed by atoms with van der Waals surface area (Å²) in [7, 11) is -4.07. The first-order valence-corrected chi connectivity index (χ1v) is 14.1. The maximum Gasteiger partial charge on any atom is 0.264 e. The van der Waals surface area contributed by atoms with E-state index in [0.717, 1.165) is 15.4 Å². The van der Waals surface area contributed by atoms with Crippen LogP contribution in [0.4, 0.5) is 5.69 Å². The molecule has 0 unspecified atom stereocenters.